The molecule has 0 saturated carbocycles. The molecular weight excluding hydrogens is 248 g/mol. The highest BCUT2D eigenvalue weighted by molar-refractivity contribution is 5.42. The van der Waals surface area contributed by atoms with Gasteiger partial charge in [-0.25, -0.2) is 0 Å². The highest BCUT2D eigenvalue weighted by Crippen LogP contribution is 2.09. The van der Waals surface area contributed by atoms with Crippen LogP contribution in [0.4, 0.5) is 17.8 Å². The lowest BCUT2D eigenvalue weighted by Gasteiger charge is -2.10. The highest BCUT2D eigenvalue weighted by Gasteiger charge is 2.05. The summed E-state index contributed by atoms with van der Waals surface area (Å²) in [7, 11) is 0. The summed E-state index contributed by atoms with van der Waals surface area (Å²) >= 11 is 0. The average Bonchev–Trinajstić information content (AvgIpc) is 2.43. The molecule has 0 aliphatic rings. The number of aromatic nitrogens is 3. The maximum Gasteiger partial charge on any atom is 0.229 e. The summed E-state index contributed by atoms with van der Waals surface area (Å²) in [6.07, 6.45) is 2.12. The molecule has 0 spiro atoms. The van der Waals surface area contributed by atoms with Crippen molar-refractivity contribution in [2.45, 2.75) is 19.8 Å². The number of aliphatic hydroxyl groups is 2. The van der Waals surface area contributed by atoms with Crippen LogP contribution in [-0.4, -0.2) is 58.0 Å². The van der Waals surface area contributed by atoms with E-state index in [1.807, 2.05) is 0 Å². The van der Waals surface area contributed by atoms with Crippen molar-refractivity contribution in [3.8, 4) is 0 Å². The number of aliphatic hydroxyl groups excluding tert-OH is 2. The van der Waals surface area contributed by atoms with Crippen LogP contribution in [-0.2, 0) is 0 Å². The van der Waals surface area contributed by atoms with Crippen molar-refractivity contribution in [3.05, 3.63) is 0 Å². The predicted molar refractivity (Wildman–Crippen MR) is 74.4 cm³/mol. The molecule has 0 saturated heterocycles. The van der Waals surface area contributed by atoms with Crippen LogP contribution in [0.1, 0.15) is 19.8 Å². The Morgan fingerprint density at radius 2 is 1.21 bits per heavy atom. The molecule has 0 aliphatic heterocycles. The summed E-state index contributed by atoms with van der Waals surface area (Å²) < 4.78 is 0. The van der Waals surface area contributed by atoms with E-state index in [1.165, 1.54) is 0 Å². The molecule has 8 heteroatoms. The van der Waals surface area contributed by atoms with Crippen molar-refractivity contribution >= 4 is 17.8 Å². The van der Waals surface area contributed by atoms with Gasteiger partial charge in [-0.3, -0.25) is 0 Å². The Morgan fingerprint density at radius 1 is 0.789 bits per heavy atom. The number of hydrogen-bond acceptors (Lipinski definition) is 8. The standard InChI is InChI=1S/C11H22N6O2/c1-2-3-4-12-9-15-10(13-5-7-18)17-11(16-9)14-6-8-19/h18-19H,2-8H2,1H3,(H3,12,13,14,15,16,17). The van der Waals surface area contributed by atoms with Gasteiger partial charge >= 0.3 is 0 Å². The minimum atomic E-state index is 0.00365. The Labute approximate surface area is 112 Å². The van der Waals surface area contributed by atoms with E-state index in [0.717, 1.165) is 19.4 Å². The molecule has 1 aromatic rings. The summed E-state index contributed by atoms with van der Waals surface area (Å²) in [4.78, 5) is 12.5. The van der Waals surface area contributed by atoms with E-state index in [4.69, 9.17) is 10.2 Å². The molecule has 0 bridgehead atoms. The first-order valence-corrected chi connectivity index (χ1v) is 6.49. The first kappa shape index (κ1) is 15.4. The molecule has 19 heavy (non-hydrogen) atoms. The van der Waals surface area contributed by atoms with Crippen LogP contribution in [0.3, 0.4) is 0 Å². The second-order valence-corrected chi connectivity index (χ2v) is 3.89. The second-order valence-electron chi connectivity index (χ2n) is 3.89. The third-order valence-electron chi connectivity index (χ3n) is 2.24. The van der Waals surface area contributed by atoms with Gasteiger partial charge in [0.1, 0.15) is 0 Å². The molecule has 1 rings (SSSR count). The van der Waals surface area contributed by atoms with Crippen LogP contribution >= 0.6 is 0 Å². The molecule has 0 aliphatic carbocycles. The monoisotopic (exact) mass is 270 g/mol. The topological polar surface area (TPSA) is 115 Å². The van der Waals surface area contributed by atoms with Gasteiger partial charge in [-0.15, -0.1) is 0 Å². The van der Waals surface area contributed by atoms with Gasteiger partial charge < -0.3 is 26.2 Å². The van der Waals surface area contributed by atoms with Gasteiger partial charge in [0.05, 0.1) is 13.2 Å². The Hall–Kier alpha value is -1.67. The lowest BCUT2D eigenvalue weighted by atomic mass is 10.3. The smallest absolute Gasteiger partial charge is 0.229 e. The van der Waals surface area contributed by atoms with Crippen LogP contribution in [0.5, 0.6) is 0 Å². The molecule has 0 aromatic carbocycles. The fourth-order valence-electron chi connectivity index (χ4n) is 1.33. The van der Waals surface area contributed by atoms with Gasteiger partial charge in [-0.05, 0) is 6.42 Å². The van der Waals surface area contributed by atoms with Gasteiger partial charge in [0.25, 0.3) is 0 Å². The summed E-state index contributed by atoms with van der Waals surface area (Å²) in [5, 5.41) is 26.5. The summed E-state index contributed by atoms with van der Waals surface area (Å²) in [5.41, 5.74) is 0. The van der Waals surface area contributed by atoms with E-state index in [1.54, 1.807) is 0 Å². The number of unbranched alkanes of at least 4 members (excludes halogenated alkanes) is 1. The van der Waals surface area contributed by atoms with Crippen LogP contribution in [0.15, 0.2) is 0 Å². The average molecular weight is 270 g/mol. The number of anilines is 3. The summed E-state index contributed by atoms with van der Waals surface area (Å²) in [6.45, 7) is 3.65. The Bertz CT molecular complexity index is 337. The molecule has 0 radical (unpaired) electrons. The van der Waals surface area contributed by atoms with Crippen molar-refractivity contribution in [2.75, 3.05) is 48.8 Å². The molecule has 0 fully saturated rings. The van der Waals surface area contributed by atoms with Gasteiger partial charge in [-0.1, -0.05) is 13.3 Å². The lowest BCUT2D eigenvalue weighted by Crippen LogP contribution is -2.16. The lowest BCUT2D eigenvalue weighted by molar-refractivity contribution is 0.310. The third-order valence-corrected chi connectivity index (χ3v) is 2.24. The molecular formula is C11H22N6O2. The Morgan fingerprint density at radius 3 is 1.58 bits per heavy atom. The Balaban J connectivity index is 2.70. The molecule has 5 N–H and O–H groups in total. The Kier molecular flexibility index (Phi) is 7.52. The summed E-state index contributed by atoms with van der Waals surface area (Å²) in [5.74, 6) is 1.26. The van der Waals surface area contributed by atoms with E-state index < -0.39 is 0 Å². The van der Waals surface area contributed by atoms with E-state index in [0.29, 0.717) is 30.9 Å². The van der Waals surface area contributed by atoms with Gasteiger partial charge in [0, 0.05) is 19.6 Å². The van der Waals surface area contributed by atoms with Crippen LogP contribution in [0.25, 0.3) is 0 Å². The van der Waals surface area contributed by atoms with Gasteiger partial charge in [-0.2, -0.15) is 15.0 Å². The fraction of sp³-hybridized carbons (Fsp3) is 0.727. The second kappa shape index (κ2) is 9.29. The van der Waals surface area contributed by atoms with Crippen molar-refractivity contribution in [3.63, 3.8) is 0 Å². The molecule has 108 valence electrons. The SMILES string of the molecule is CCCCNc1nc(NCCO)nc(NCCO)n1. The van der Waals surface area contributed by atoms with E-state index in [2.05, 4.69) is 37.8 Å². The molecule has 1 aromatic heterocycles. The first-order valence-electron chi connectivity index (χ1n) is 6.49. The third kappa shape index (κ3) is 6.16. The van der Waals surface area contributed by atoms with Crippen molar-refractivity contribution < 1.29 is 10.2 Å². The molecule has 0 unspecified atom stereocenters. The predicted octanol–water partition coefficient (Wildman–Crippen LogP) is -0.108. The number of hydrogen-bond donors (Lipinski definition) is 5. The van der Waals surface area contributed by atoms with E-state index >= 15 is 0 Å². The number of rotatable bonds is 10. The van der Waals surface area contributed by atoms with Crippen LogP contribution < -0.4 is 16.0 Å². The van der Waals surface area contributed by atoms with Crippen LogP contribution in [0, 0.1) is 0 Å². The zero-order valence-electron chi connectivity index (χ0n) is 11.2. The van der Waals surface area contributed by atoms with Crippen molar-refractivity contribution in [1.82, 2.24) is 15.0 Å². The quantitative estimate of drug-likeness (QED) is 0.374. The molecule has 1 heterocycles. The largest absolute Gasteiger partial charge is 0.395 e. The molecule has 0 atom stereocenters. The number of nitrogens with one attached hydrogen (secondary N) is 3. The van der Waals surface area contributed by atoms with E-state index in [-0.39, 0.29) is 13.2 Å². The normalized spacial score (nSPS) is 10.3. The maximum absolute atomic E-state index is 8.78. The van der Waals surface area contributed by atoms with Crippen molar-refractivity contribution in [2.24, 2.45) is 0 Å². The van der Waals surface area contributed by atoms with Gasteiger partial charge in [0.15, 0.2) is 0 Å². The first-order chi connectivity index (χ1) is 9.30. The maximum atomic E-state index is 8.78. The minimum absolute atomic E-state index is 0.00365. The van der Waals surface area contributed by atoms with E-state index in [9.17, 15) is 0 Å². The van der Waals surface area contributed by atoms with Crippen molar-refractivity contribution in [1.29, 1.82) is 0 Å². The minimum Gasteiger partial charge on any atom is -0.395 e. The fourth-order valence-corrected chi connectivity index (χ4v) is 1.33. The number of nitrogens with zero attached hydrogens (tertiary/aromatic N) is 3. The zero-order chi connectivity index (χ0) is 13.9. The zero-order valence-corrected chi connectivity index (χ0v) is 11.2. The molecule has 8 nitrogen and oxygen atoms in total. The summed E-state index contributed by atoms with van der Waals surface area (Å²) in [6, 6.07) is 0. The van der Waals surface area contributed by atoms with Gasteiger partial charge in [0.2, 0.25) is 17.8 Å². The van der Waals surface area contributed by atoms with Crippen LogP contribution in [0.2, 0.25) is 0 Å². The highest BCUT2D eigenvalue weighted by atomic mass is 16.3. The molecule has 0 amide bonds.